The van der Waals surface area contributed by atoms with E-state index >= 15 is 0 Å². The van der Waals surface area contributed by atoms with Gasteiger partial charge in [-0.1, -0.05) is 145 Å². The summed E-state index contributed by atoms with van der Waals surface area (Å²) in [6.45, 7) is 0. The first-order valence-electron chi connectivity index (χ1n) is 24.6. The van der Waals surface area contributed by atoms with Gasteiger partial charge in [-0.3, -0.25) is 0 Å². The summed E-state index contributed by atoms with van der Waals surface area (Å²) in [5.41, 5.74) is -1.46. The molecule has 0 bridgehead atoms. The second kappa shape index (κ2) is 10.2. The van der Waals surface area contributed by atoms with Crippen molar-refractivity contribution in [2.45, 2.75) is 0 Å². The number of rotatable bonds is 3. The second-order valence-electron chi connectivity index (χ2n) is 10.9. The molecule has 0 fully saturated rings. The van der Waals surface area contributed by atoms with Gasteiger partial charge < -0.3 is 4.42 Å². The molecular weight excluding hydrogens is 569 g/mol. The summed E-state index contributed by atoms with van der Waals surface area (Å²) in [5.74, 6) is 0. The minimum absolute atomic E-state index is 0.0249. The van der Waals surface area contributed by atoms with Gasteiger partial charge in [-0.15, -0.1) is 0 Å². The Morgan fingerprint density at radius 1 is 0.383 bits per heavy atom. The fourth-order valence-corrected chi connectivity index (χ4v) is 6.24. The quantitative estimate of drug-likeness (QED) is 0.180. The zero-order valence-corrected chi connectivity index (χ0v) is 24.0. The van der Waals surface area contributed by atoms with Crippen LogP contribution >= 0.6 is 0 Å². The lowest BCUT2D eigenvalue weighted by molar-refractivity contribution is 0.669. The first kappa shape index (κ1) is 13.3. The van der Waals surface area contributed by atoms with Crippen molar-refractivity contribution in [1.29, 1.82) is 0 Å². The molecule has 0 aliphatic rings. The van der Waals surface area contributed by atoms with E-state index in [1.165, 1.54) is 0 Å². The number of fused-ring (bicyclic) bond motifs is 7. The Hall–Kier alpha value is -6.18. The van der Waals surface area contributed by atoms with Gasteiger partial charge in [0.2, 0.25) is 0 Å². The lowest BCUT2D eigenvalue weighted by atomic mass is 9.84. The third-order valence-corrected chi connectivity index (χ3v) is 8.25. The van der Waals surface area contributed by atoms with E-state index in [4.69, 9.17) is 23.6 Å². The third kappa shape index (κ3) is 4.03. The average Bonchev–Trinajstić information content (AvgIpc) is 3.72. The van der Waals surface area contributed by atoms with Crippen molar-refractivity contribution < 1.29 is 31.8 Å². The third-order valence-electron chi connectivity index (χ3n) is 8.25. The monoisotopic (exact) mass is 616 g/mol. The topological polar surface area (TPSA) is 13.1 Å². The second-order valence-corrected chi connectivity index (χ2v) is 10.9. The van der Waals surface area contributed by atoms with Crippen LogP contribution in [0.25, 0.3) is 98.4 Å². The summed E-state index contributed by atoms with van der Waals surface area (Å²) in [5, 5.41) is -0.275. The van der Waals surface area contributed by atoms with E-state index in [2.05, 4.69) is 0 Å². The summed E-state index contributed by atoms with van der Waals surface area (Å²) >= 11 is 0. The van der Waals surface area contributed by atoms with E-state index in [0.717, 1.165) is 0 Å². The van der Waals surface area contributed by atoms with Gasteiger partial charge in [0.15, 0.2) is 0 Å². The van der Waals surface area contributed by atoms with Crippen molar-refractivity contribution in [3.63, 3.8) is 0 Å². The van der Waals surface area contributed by atoms with E-state index < -0.39 is 143 Å². The van der Waals surface area contributed by atoms with E-state index in [1.807, 2.05) is 0 Å². The van der Waals surface area contributed by atoms with Crippen LogP contribution in [0.2, 0.25) is 0 Å². The highest BCUT2D eigenvalue weighted by Gasteiger charge is 2.20. The molecule has 0 unspecified atom stereocenters. The van der Waals surface area contributed by atoms with Crippen LogP contribution in [0.1, 0.15) is 27.4 Å². The summed E-state index contributed by atoms with van der Waals surface area (Å²) < 4.78 is 184. The summed E-state index contributed by atoms with van der Waals surface area (Å²) in [6, 6.07) is 0.767. The lowest BCUT2D eigenvalue weighted by Crippen LogP contribution is -1.91. The van der Waals surface area contributed by atoms with Crippen LogP contribution in [-0.4, -0.2) is 0 Å². The summed E-state index contributed by atoms with van der Waals surface area (Å²) in [4.78, 5) is 0. The number of benzene rings is 9. The van der Waals surface area contributed by atoms with Gasteiger partial charge in [-0.2, -0.15) is 0 Å². The van der Waals surface area contributed by atoms with Crippen molar-refractivity contribution in [2.75, 3.05) is 0 Å². The lowest BCUT2D eigenvalue weighted by Gasteiger charge is -2.18. The number of hydrogen-bond donors (Lipinski definition) is 0. The molecule has 0 radical (unpaired) electrons. The minimum Gasteiger partial charge on any atom is -0.456 e. The van der Waals surface area contributed by atoms with E-state index in [0.29, 0.717) is 21.5 Å². The molecule has 10 aromatic rings. The van der Waals surface area contributed by atoms with Gasteiger partial charge in [0.05, 0.1) is 27.4 Å². The van der Waals surface area contributed by atoms with Crippen molar-refractivity contribution >= 4 is 65.0 Å². The molecule has 0 amide bonds. The van der Waals surface area contributed by atoms with Crippen LogP contribution in [0.15, 0.2) is 174 Å². The Morgan fingerprint density at radius 3 is 1.62 bits per heavy atom. The maximum atomic E-state index is 9.50. The summed E-state index contributed by atoms with van der Waals surface area (Å²) in [7, 11) is 0. The Balaban J connectivity index is 1.34. The largest absolute Gasteiger partial charge is 0.456 e. The predicted octanol–water partition coefficient (Wildman–Crippen LogP) is 13.2. The van der Waals surface area contributed by atoms with E-state index in [1.54, 1.807) is 48.5 Å². The van der Waals surface area contributed by atoms with Gasteiger partial charge in [0, 0.05) is 10.8 Å². The molecule has 10 rings (SSSR count). The molecule has 0 saturated heterocycles. The van der Waals surface area contributed by atoms with Crippen LogP contribution in [0.4, 0.5) is 0 Å². The van der Waals surface area contributed by atoms with Crippen molar-refractivity contribution in [3.05, 3.63) is 169 Å². The molecule has 1 heteroatoms. The molecule has 0 aliphatic heterocycles. The zero-order chi connectivity index (χ0) is 48.3. The molecular formula is C46H28O. The maximum Gasteiger partial charge on any atom is 0.136 e. The first-order valence-corrected chi connectivity index (χ1v) is 14.6. The summed E-state index contributed by atoms with van der Waals surface area (Å²) in [6.07, 6.45) is 0. The normalized spacial score (nSPS) is 17.8. The van der Waals surface area contributed by atoms with Crippen LogP contribution in [0, 0.1) is 0 Å². The van der Waals surface area contributed by atoms with Gasteiger partial charge in [0.1, 0.15) is 11.2 Å². The molecule has 9 aromatic carbocycles. The molecule has 0 saturated carbocycles. The molecule has 0 atom stereocenters. The van der Waals surface area contributed by atoms with Crippen LogP contribution in [0.3, 0.4) is 0 Å². The Morgan fingerprint density at radius 2 is 0.936 bits per heavy atom. The number of hydrogen-bond acceptors (Lipinski definition) is 1. The maximum absolute atomic E-state index is 9.50. The molecule has 1 aromatic heterocycles. The van der Waals surface area contributed by atoms with E-state index in [9.17, 15) is 8.22 Å². The Bertz CT molecular complexity index is 3900. The van der Waals surface area contributed by atoms with Crippen LogP contribution in [0.5, 0.6) is 0 Å². The average molecular weight is 617 g/mol. The standard InChI is InChI=1S/C46H28O/c1-2-11-32-26-35(25-22-29(32)10-1)30-20-23-31(24-21-30)44-36-14-5-7-16-38(36)45(39-17-8-6-15-37(39)44)40-18-9-19-42-46(40)41-27-33-12-3-4-13-34(33)28-43(41)47-42/h1-28H/i1D,2D,3D,4D,9D,10D,11D,12D,13D,18D,19D,20D,21D,22D,23D,24D,25D,26D,27D,28D. The van der Waals surface area contributed by atoms with Crippen molar-refractivity contribution in [2.24, 2.45) is 0 Å². The molecule has 0 aliphatic carbocycles. The molecule has 0 spiro atoms. The van der Waals surface area contributed by atoms with Gasteiger partial charge >= 0.3 is 0 Å². The van der Waals surface area contributed by atoms with E-state index in [-0.39, 0.29) is 55.0 Å². The van der Waals surface area contributed by atoms with Crippen molar-refractivity contribution in [3.8, 4) is 33.4 Å². The fraction of sp³-hybridized carbons (Fsp3) is 0. The Kier molecular flexibility index (Phi) is 2.87. The molecule has 47 heavy (non-hydrogen) atoms. The van der Waals surface area contributed by atoms with Gasteiger partial charge in [-0.05, 0) is 101 Å². The number of furan rings is 1. The fourth-order valence-electron chi connectivity index (χ4n) is 6.24. The van der Waals surface area contributed by atoms with Crippen LogP contribution < -0.4 is 0 Å². The highest BCUT2D eigenvalue weighted by Crippen LogP contribution is 2.47. The zero-order valence-electron chi connectivity index (χ0n) is 44.0. The highest BCUT2D eigenvalue weighted by atomic mass is 16.3. The highest BCUT2D eigenvalue weighted by molar-refractivity contribution is 6.26. The molecule has 0 N–H and O–H groups in total. The smallest absolute Gasteiger partial charge is 0.136 e. The van der Waals surface area contributed by atoms with Gasteiger partial charge in [-0.25, -0.2) is 0 Å². The first-order chi connectivity index (χ1) is 31.7. The van der Waals surface area contributed by atoms with Gasteiger partial charge in [0.25, 0.3) is 0 Å². The molecule has 1 heterocycles. The predicted molar refractivity (Wildman–Crippen MR) is 200 cm³/mol. The Labute approximate surface area is 300 Å². The minimum atomic E-state index is -0.741. The van der Waals surface area contributed by atoms with Crippen LogP contribution in [-0.2, 0) is 0 Å². The SMILES string of the molecule is [2H]c1c([2H])c(-c2c3ccccc3c(-c3c([2H])c([2H])c([2H])c4oc5c([2H])c6c([2H])c([2H])c([2H])c([2H])c6c([2H])c5c34)c3ccccc23)c([2H])c([2H])c1-c1c([2H])c([2H])c2c([2H])c([2H])c([2H])c([2H])c2c1[2H]. The van der Waals surface area contributed by atoms with Crippen molar-refractivity contribution in [1.82, 2.24) is 0 Å². The molecule has 1 nitrogen and oxygen atoms in total. The molecule has 218 valence electrons.